The number of aromatic amines is 2. The maximum absolute atomic E-state index is 12.7. The predicted octanol–water partition coefficient (Wildman–Crippen LogP) is 6.60. The van der Waals surface area contributed by atoms with Crippen molar-refractivity contribution in [2.75, 3.05) is 10.5 Å². The number of rotatable bonds is 14. The summed E-state index contributed by atoms with van der Waals surface area (Å²) in [4.78, 5) is 0. The maximum Gasteiger partial charge on any atom is 0.316 e. The highest BCUT2D eigenvalue weighted by molar-refractivity contribution is 7.82. The van der Waals surface area contributed by atoms with Crippen molar-refractivity contribution in [1.82, 2.24) is 49.1 Å². The van der Waals surface area contributed by atoms with Gasteiger partial charge in [-0.2, -0.15) is 22.1 Å². The Morgan fingerprint density at radius 1 is 0.607 bits per heavy atom. The van der Waals surface area contributed by atoms with E-state index in [-0.39, 0.29) is 16.9 Å². The van der Waals surface area contributed by atoms with E-state index in [0.29, 0.717) is 45.9 Å². The van der Waals surface area contributed by atoms with Crippen LogP contribution in [0.25, 0.3) is 11.3 Å². The molecule has 0 spiro atoms. The Morgan fingerprint density at radius 3 is 1.54 bits per heavy atom. The predicted molar refractivity (Wildman–Crippen MR) is 238 cm³/mol. The highest BCUT2D eigenvalue weighted by atomic mass is 32.2. The van der Waals surface area contributed by atoms with E-state index < -0.39 is 39.8 Å². The van der Waals surface area contributed by atoms with Crippen LogP contribution in [0.1, 0.15) is 102 Å². The zero-order valence-corrected chi connectivity index (χ0v) is 38.0. The molecule has 0 fully saturated rings. The number of aryl methyl sites for hydroxylation is 2. The first-order valence-corrected chi connectivity index (χ1v) is 22.5. The molecule has 0 amide bonds. The van der Waals surface area contributed by atoms with Gasteiger partial charge < -0.3 is 18.3 Å². The van der Waals surface area contributed by atoms with Crippen molar-refractivity contribution >= 4 is 56.5 Å². The summed E-state index contributed by atoms with van der Waals surface area (Å²) in [5, 5.41) is 23.3. The highest BCUT2D eigenvalue weighted by Crippen LogP contribution is 2.26. The Morgan fingerprint density at radius 2 is 1.07 bits per heavy atom. The molecule has 61 heavy (non-hydrogen) atoms. The van der Waals surface area contributed by atoms with Crippen LogP contribution in [0.5, 0.6) is 17.2 Å². The molecule has 4 aromatic heterocycles. The number of fused-ring (bicyclic) bond motifs is 2. The van der Waals surface area contributed by atoms with Crippen LogP contribution in [0, 0.1) is 13.8 Å². The third kappa shape index (κ3) is 11.8. The van der Waals surface area contributed by atoms with Crippen LogP contribution in [0.4, 0.5) is 11.4 Å². The lowest BCUT2D eigenvalue weighted by molar-refractivity contribution is 0.523. The first-order chi connectivity index (χ1) is 28.7. The van der Waals surface area contributed by atoms with Gasteiger partial charge in [0.25, 0.3) is 22.5 Å². The molecule has 0 radical (unpaired) electrons. The van der Waals surface area contributed by atoms with E-state index in [0.717, 1.165) is 28.2 Å². The lowest BCUT2D eigenvalue weighted by Crippen LogP contribution is -2.26. The largest absolute Gasteiger partial charge is 0.399 e. The van der Waals surface area contributed by atoms with E-state index in [1.165, 1.54) is 0 Å². The molecule has 21 heteroatoms. The van der Waals surface area contributed by atoms with Gasteiger partial charge in [0.05, 0.1) is 17.8 Å². The molecule has 4 heterocycles. The van der Waals surface area contributed by atoms with Crippen LogP contribution in [-0.2, 0) is 44.6 Å². The van der Waals surface area contributed by atoms with Crippen molar-refractivity contribution in [1.29, 1.82) is 0 Å². The van der Waals surface area contributed by atoms with Crippen molar-refractivity contribution in [2.24, 2.45) is 0 Å². The first kappa shape index (κ1) is 44.9. The Hall–Kier alpha value is -5.61. The van der Waals surface area contributed by atoms with Gasteiger partial charge in [0.2, 0.25) is 0 Å². The number of hydrogen-bond acceptors (Lipinski definition) is 11. The Kier molecular flexibility index (Phi) is 13.7. The lowest BCUT2D eigenvalue weighted by atomic mass is 9.93. The summed E-state index contributed by atoms with van der Waals surface area (Å²) < 4.78 is 65.7. The second-order valence-electron chi connectivity index (χ2n) is 16.5. The van der Waals surface area contributed by atoms with Gasteiger partial charge in [-0.25, -0.2) is 9.03 Å². The summed E-state index contributed by atoms with van der Waals surface area (Å²) in [6, 6.07) is 22.2. The van der Waals surface area contributed by atoms with Gasteiger partial charge in [-0.3, -0.25) is 14.9 Å². The van der Waals surface area contributed by atoms with E-state index in [1.54, 1.807) is 57.6 Å². The zero-order chi connectivity index (χ0) is 44.2. The Balaban J connectivity index is 0.000000218. The van der Waals surface area contributed by atoms with Gasteiger partial charge in [0.15, 0.2) is 22.9 Å². The van der Waals surface area contributed by atoms with Crippen molar-refractivity contribution in [3.63, 3.8) is 0 Å². The molecule has 0 bridgehead atoms. The van der Waals surface area contributed by atoms with Crippen LogP contribution in [0.15, 0.2) is 78.9 Å². The summed E-state index contributed by atoms with van der Waals surface area (Å²) >= 11 is -5.45. The molecule has 3 aromatic carbocycles. The summed E-state index contributed by atoms with van der Waals surface area (Å²) in [6.45, 7) is 20.2. The monoisotopic (exact) mass is 892 g/mol. The van der Waals surface area contributed by atoms with Crippen LogP contribution in [-0.4, -0.2) is 52.2 Å². The molecule has 0 saturated carbocycles. The number of H-pyrrole nitrogens is 2. The first-order valence-electron chi connectivity index (χ1n) is 19.2. The van der Waals surface area contributed by atoms with Gasteiger partial charge in [-0.1, -0.05) is 59.7 Å². The summed E-state index contributed by atoms with van der Waals surface area (Å²) in [6.07, 6.45) is 0. The lowest BCUT2D eigenvalue weighted by Gasteiger charge is -2.16. The van der Waals surface area contributed by atoms with E-state index in [9.17, 15) is 12.6 Å². The molecule has 0 aliphatic carbocycles. The summed E-state index contributed by atoms with van der Waals surface area (Å²) in [5.41, 5.74) is 12.1. The average molecular weight is 893 g/mol. The van der Waals surface area contributed by atoms with E-state index >= 15 is 0 Å². The molecule has 5 atom stereocenters. The zero-order valence-electron chi connectivity index (χ0n) is 35.6. The number of nitrogens with one attached hydrogen (secondary N) is 5. The normalized spacial score (nSPS) is 14.5. The number of nitrogens with zero attached hydrogens (tertiary/aromatic N) is 6. The SMILES string of the molecule is CC(NS(=O)Oc1cccc(N)c1)c1nnc2cc(C(C)(C)C)[nH]n12.Cc1cc(C)cc(OS(=O)Nc2cccc(OS(=O)NC(C)c3nnc4cc(C(C)(C)C)[nH]n34)c2)c1. The molecular formula is C40H52N12O6S3. The molecule has 7 aromatic rings. The van der Waals surface area contributed by atoms with Gasteiger partial charge in [0.1, 0.15) is 17.2 Å². The molecular weight excluding hydrogens is 841 g/mol. The molecule has 326 valence electrons. The van der Waals surface area contributed by atoms with E-state index in [1.807, 2.05) is 58.0 Å². The third-order valence-electron chi connectivity index (χ3n) is 8.98. The van der Waals surface area contributed by atoms with Crippen molar-refractivity contribution in [3.8, 4) is 17.2 Å². The Bertz CT molecular complexity index is 2670. The number of nitrogen functional groups attached to an aromatic ring is 1. The highest BCUT2D eigenvalue weighted by Gasteiger charge is 2.24. The molecule has 7 N–H and O–H groups in total. The fourth-order valence-electron chi connectivity index (χ4n) is 5.91. The van der Waals surface area contributed by atoms with Gasteiger partial charge in [0, 0.05) is 52.2 Å². The maximum atomic E-state index is 12.7. The smallest absolute Gasteiger partial charge is 0.316 e. The number of hydrogen-bond donors (Lipinski definition) is 6. The molecule has 0 aliphatic heterocycles. The standard InChI is InChI=1S/C24H30N6O4S2.C16H22N6O2S/c1-15-10-16(2)12-20(11-15)34-36(32)29-18-8-7-9-19(13-18)33-35(31)28-17(3)23-26-25-22-14-21(24(4,5)6)27-30(22)23;1-10(21-25(23)24-12-7-5-6-11(17)8-12)15-19-18-14-9-13(16(2,3)4)20-22(14)15/h7-14,17,27-29H,1-6H3;5-10,20-21H,17H2,1-4H3. The number of anilines is 2. The van der Waals surface area contributed by atoms with Crippen molar-refractivity contribution in [2.45, 2.75) is 92.2 Å². The van der Waals surface area contributed by atoms with Gasteiger partial charge in [-0.15, -0.1) is 20.4 Å². The molecule has 0 aliphatic rings. The number of aromatic nitrogens is 8. The second-order valence-corrected chi connectivity index (χ2v) is 19.1. The van der Waals surface area contributed by atoms with Gasteiger partial charge >= 0.3 is 11.3 Å². The minimum absolute atomic E-state index is 0.0339. The minimum atomic E-state index is -1.88. The van der Waals surface area contributed by atoms with Crippen molar-refractivity contribution in [3.05, 3.63) is 113 Å². The molecule has 18 nitrogen and oxygen atoms in total. The minimum Gasteiger partial charge on any atom is -0.399 e. The summed E-state index contributed by atoms with van der Waals surface area (Å²) in [5.74, 6) is 2.45. The number of nitrogens with two attached hydrogens (primary N) is 1. The fraction of sp³-hybridized carbons (Fsp3) is 0.350. The van der Waals surface area contributed by atoms with Crippen LogP contribution in [0.3, 0.4) is 0 Å². The van der Waals surface area contributed by atoms with Crippen LogP contribution < -0.4 is 32.4 Å². The Labute approximate surface area is 362 Å². The number of benzene rings is 3. The quantitative estimate of drug-likeness (QED) is 0.0637. The van der Waals surface area contributed by atoms with Crippen LogP contribution >= 0.6 is 0 Å². The molecule has 5 unspecified atom stereocenters. The van der Waals surface area contributed by atoms with E-state index in [4.69, 9.17) is 18.3 Å². The fourth-order valence-corrected chi connectivity index (χ4v) is 7.98. The van der Waals surface area contributed by atoms with Crippen LogP contribution in [0.2, 0.25) is 0 Å². The van der Waals surface area contributed by atoms with Gasteiger partial charge in [-0.05, 0) is 75.2 Å². The van der Waals surface area contributed by atoms with E-state index in [2.05, 4.69) is 86.3 Å². The third-order valence-corrected chi connectivity index (χ3v) is 11.5. The molecule has 7 rings (SSSR count). The average Bonchev–Trinajstić information content (AvgIpc) is 3.93. The molecule has 0 saturated heterocycles. The topological polar surface area (TPSA) is 233 Å². The second kappa shape index (κ2) is 18.6. The van der Waals surface area contributed by atoms with Crippen molar-refractivity contribution < 1.29 is 25.2 Å². The summed E-state index contributed by atoms with van der Waals surface area (Å²) in [7, 11) is 0.